The lowest BCUT2D eigenvalue weighted by Gasteiger charge is -2.39. The van der Waals surface area contributed by atoms with Gasteiger partial charge in [-0.05, 0) is 55.1 Å². The van der Waals surface area contributed by atoms with Gasteiger partial charge in [0.05, 0.1) is 23.6 Å². The average molecular weight is 459 g/mol. The van der Waals surface area contributed by atoms with Crippen molar-refractivity contribution in [3.8, 4) is 11.8 Å². The van der Waals surface area contributed by atoms with Crippen molar-refractivity contribution in [3.63, 3.8) is 0 Å². The molecule has 3 rings (SSSR count). The molecule has 178 valence electrons. The number of hydrogen-bond donors (Lipinski definition) is 2. The van der Waals surface area contributed by atoms with Crippen LogP contribution in [0.3, 0.4) is 0 Å². The van der Waals surface area contributed by atoms with E-state index in [9.17, 15) is 19.1 Å². The Labute approximate surface area is 194 Å². The van der Waals surface area contributed by atoms with Crippen molar-refractivity contribution in [1.82, 2.24) is 9.97 Å². The van der Waals surface area contributed by atoms with Crippen LogP contribution in [-0.2, 0) is 12.8 Å². The lowest BCUT2D eigenvalue weighted by molar-refractivity contribution is -0.0231. The van der Waals surface area contributed by atoms with E-state index in [1.54, 1.807) is 12.1 Å². The molecule has 0 unspecified atom stereocenters. The molecule has 1 saturated carbocycles. The van der Waals surface area contributed by atoms with Crippen LogP contribution < -0.4 is 10.1 Å². The van der Waals surface area contributed by atoms with Gasteiger partial charge < -0.3 is 15.2 Å². The lowest BCUT2D eigenvalue weighted by atomic mass is 9.69. The fourth-order valence-electron chi connectivity index (χ4n) is 4.33. The summed E-state index contributed by atoms with van der Waals surface area (Å²) in [7, 11) is 0. The minimum Gasteiger partial charge on any atom is -0.487 e. The molecule has 1 aliphatic carbocycles. The van der Waals surface area contributed by atoms with Crippen molar-refractivity contribution in [2.24, 2.45) is 11.3 Å². The van der Waals surface area contributed by atoms with Gasteiger partial charge in [-0.3, -0.25) is 0 Å². The van der Waals surface area contributed by atoms with Crippen LogP contribution >= 0.6 is 0 Å². The molecule has 8 heteroatoms. The number of nitrogens with zero attached hydrogens (tertiary/aromatic N) is 3. The Morgan fingerprint density at radius 3 is 2.76 bits per heavy atom. The molecule has 0 amide bonds. The van der Waals surface area contributed by atoms with Crippen LogP contribution in [0, 0.1) is 22.7 Å². The maximum absolute atomic E-state index is 13.2. The van der Waals surface area contributed by atoms with Crippen molar-refractivity contribution in [2.45, 2.75) is 64.9 Å². The summed E-state index contributed by atoms with van der Waals surface area (Å²) >= 11 is 0. The van der Waals surface area contributed by atoms with Gasteiger partial charge in [0.2, 0.25) is 5.95 Å². The molecule has 6 nitrogen and oxygen atoms in total. The number of aromatic nitrogens is 2. The fourth-order valence-corrected chi connectivity index (χ4v) is 4.33. The molecule has 1 aromatic carbocycles. The Morgan fingerprint density at radius 2 is 2.06 bits per heavy atom. The zero-order chi connectivity index (χ0) is 24.1. The molecule has 2 N–H and O–H groups in total. The monoisotopic (exact) mass is 458 g/mol. The first-order chi connectivity index (χ1) is 15.6. The molecule has 1 aromatic heterocycles. The predicted octanol–water partition coefficient (Wildman–Crippen LogP) is 4.77. The summed E-state index contributed by atoms with van der Waals surface area (Å²) in [5.74, 6) is -1.69. The van der Waals surface area contributed by atoms with E-state index >= 15 is 0 Å². The molecule has 33 heavy (non-hydrogen) atoms. The number of ether oxygens (including phenoxy) is 1. The Morgan fingerprint density at radius 1 is 1.30 bits per heavy atom. The van der Waals surface area contributed by atoms with Gasteiger partial charge >= 0.3 is 0 Å². The number of nitrogens with one attached hydrogen (secondary N) is 1. The molecule has 0 radical (unpaired) electrons. The van der Waals surface area contributed by atoms with Crippen molar-refractivity contribution in [1.29, 1.82) is 5.26 Å². The van der Waals surface area contributed by atoms with Gasteiger partial charge in [-0.1, -0.05) is 32.0 Å². The predicted molar refractivity (Wildman–Crippen MR) is 122 cm³/mol. The molecular weight excluding hydrogens is 426 g/mol. The van der Waals surface area contributed by atoms with Crippen molar-refractivity contribution in [3.05, 3.63) is 47.3 Å². The summed E-state index contributed by atoms with van der Waals surface area (Å²) in [6.45, 7) is 4.79. The minimum absolute atomic E-state index is 0.152. The smallest absolute Gasteiger partial charge is 0.278 e. The fraction of sp³-hybridized carbons (Fsp3) is 0.560. The highest BCUT2D eigenvalue weighted by atomic mass is 19.3. The van der Waals surface area contributed by atoms with E-state index in [0.29, 0.717) is 48.3 Å². The van der Waals surface area contributed by atoms with Gasteiger partial charge in [0, 0.05) is 13.5 Å². The summed E-state index contributed by atoms with van der Waals surface area (Å²) < 4.78 is 31.6. The normalized spacial score (nSPS) is 20.2. The lowest BCUT2D eigenvalue weighted by Crippen LogP contribution is -2.37. The number of benzene rings is 1. The molecule has 2 atom stereocenters. The van der Waals surface area contributed by atoms with E-state index in [4.69, 9.17) is 4.74 Å². The van der Waals surface area contributed by atoms with E-state index in [2.05, 4.69) is 35.2 Å². The Hall–Kier alpha value is -2.79. The summed E-state index contributed by atoms with van der Waals surface area (Å²) in [6, 6.07) is 9.29. The van der Waals surface area contributed by atoms with Gasteiger partial charge in [-0.25, -0.2) is 18.7 Å². The van der Waals surface area contributed by atoms with Crippen LogP contribution in [0.1, 0.15) is 56.9 Å². The highest BCUT2D eigenvalue weighted by Gasteiger charge is 2.36. The van der Waals surface area contributed by atoms with Crippen LogP contribution in [0.15, 0.2) is 30.5 Å². The quantitative estimate of drug-likeness (QED) is 0.563. The molecule has 1 fully saturated rings. The van der Waals surface area contributed by atoms with Crippen molar-refractivity contribution < 1.29 is 18.6 Å². The second-order valence-electron chi connectivity index (χ2n) is 9.67. The van der Waals surface area contributed by atoms with Gasteiger partial charge in [-0.15, -0.1) is 0 Å². The van der Waals surface area contributed by atoms with Gasteiger partial charge in [0.15, 0.2) is 6.61 Å². The number of hydrogen-bond acceptors (Lipinski definition) is 6. The number of aliphatic hydroxyl groups is 1. The Kier molecular flexibility index (Phi) is 7.85. The number of nitriles is 1. The third kappa shape index (κ3) is 7.10. The van der Waals surface area contributed by atoms with Gasteiger partial charge in [0.1, 0.15) is 11.8 Å². The van der Waals surface area contributed by atoms with Crippen LogP contribution in [0.25, 0.3) is 0 Å². The largest absolute Gasteiger partial charge is 0.487 e. The first-order valence-corrected chi connectivity index (χ1v) is 11.3. The first kappa shape index (κ1) is 24.8. The zero-order valence-corrected chi connectivity index (χ0v) is 19.4. The number of para-hydroxylation sites is 1. The third-order valence-electron chi connectivity index (χ3n) is 6.17. The highest BCUT2D eigenvalue weighted by molar-refractivity contribution is 5.38. The SMILES string of the molecule is CC(F)(F)COc1ccccc1CCNc1ncc(C#N)c(C[C@@H]2CC[C@H](O)C(C)(C)C2)n1. The highest BCUT2D eigenvalue weighted by Crippen LogP contribution is 2.40. The summed E-state index contributed by atoms with van der Waals surface area (Å²) in [5, 5.41) is 22.9. The summed E-state index contributed by atoms with van der Waals surface area (Å²) in [5.41, 5.74) is 1.83. The maximum atomic E-state index is 13.2. The van der Waals surface area contributed by atoms with Crippen LogP contribution in [-0.4, -0.2) is 40.3 Å². The second-order valence-corrected chi connectivity index (χ2v) is 9.67. The van der Waals surface area contributed by atoms with E-state index in [1.807, 2.05) is 12.1 Å². The average Bonchev–Trinajstić information content (AvgIpc) is 2.75. The number of anilines is 1. The van der Waals surface area contributed by atoms with Crippen molar-refractivity contribution in [2.75, 3.05) is 18.5 Å². The van der Waals surface area contributed by atoms with E-state index in [1.165, 1.54) is 6.20 Å². The van der Waals surface area contributed by atoms with Crippen LogP contribution in [0.5, 0.6) is 5.75 Å². The number of rotatable bonds is 9. The molecule has 0 aliphatic heterocycles. The number of alkyl halides is 2. The Bertz CT molecular complexity index is 985. The standard InChI is InChI=1S/C25H32F2N4O2/c1-24(2)13-17(8-9-22(24)32)12-20-19(14-28)15-30-23(31-20)29-11-10-18-6-4-5-7-21(18)33-16-25(3,26)27/h4-7,15,17,22,32H,8-13,16H2,1-3H3,(H,29,30,31)/t17-,22-/m0/s1. The molecular formula is C25H32F2N4O2. The molecule has 0 spiro atoms. The molecule has 0 saturated heterocycles. The van der Waals surface area contributed by atoms with E-state index in [0.717, 1.165) is 31.7 Å². The molecule has 1 aliphatic rings. The molecule has 2 aromatic rings. The number of aliphatic hydroxyl groups excluding tert-OH is 1. The molecule has 1 heterocycles. The van der Waals surface area contributed by atoms with E-state index in [-0.39, 0.29) is 11.5 Å². The molecule has 0 bridgehead atoms. The van der Waals surface area contributed by atoms with Crippen LogP contribution in [0.4, 0.5) is 14.7 Å². The van der Waals surface area contributed by atoms with Crippen LogP contribution in [0.2, 0.25) is 0 Å². The van der Waals surface area contributed by atoms with Gasteiger partial charge in [0.25, 0.3) is 5.92 Å². The third-order valence-corrected chi connectivity index (χ3v) is 6.17. The summed E-state index contributed by atoms with van der Waals surface area (Å²) in [4.78, 5) is 8.84. The van der Waals surface area contributed by atoms with Gasteiger partial charge in [-0.2, -0.15) is 5.26 Å². The topological polar surface area (TPSA) is 91.1 Å². The number of halogens is 2. The minimum atomic E-state index is -2.90. The zero-order valence-electron chi connectivity index (χ0n) is 19.4. The van der Waals surface area contributed by atoms with E-state index < -0.39 is 12.5 Å². The Balaban J connectivity index is 1.62. The maximum Gasteiger partial charge on any atom is 0.278 e. The summed E-state index contributed by atoms with van der Waals surface area (Å²) in [6.07, 6.45) is 4.96. The first-order valence-electron chi connectivity index (χ1n) is 11.3. The second kappa shape index (κ2) is 10.4. The van der Waals surface area contributed by atoms with Crippen molar-refractivity contribution >= 4 is 5.95 Å².